The van der Waals surface area contributed by atoms with E-state index >= 15 is 0 Å². The first-order valence-electron chi connectivity index (χ1n) is 10.9. The largest absolute Gasteiger partial charge is 0.508 e. The fourth-order valence-electron chi connectivity index (χ4n) is 3.52. The molecule has 0 saturated heterocycles. The number of carbonyl (C=O) groups is 1. The number of carbonyl (C=O) groups excluding carboxylic acids is 1. The van der Waals surface area contributed by atoms with Gasteiger partial charge < -0.3 is 15.6 Å². The molecule has 1 atom stereocenters. The zero-order valence-corrected chi connectivity index (χ0v) is 20.1. The van der Waals surface area contributed by atoms with Crippen molar-refractivity contribution in [3.05, 3.63) is 98.5 Å². The Bertz CT molecular complexity index is 1150. The summed E-state index contributed by atoms with van der Waals surface area (Å²) in [7, 11) is 0. The zero-order valence-electron chi connectivity index (χ0n) is 19.2. The van der Waals surface area contributed by atoms with Crippen LogP contribution >= 0.6 is 11.3 Å². The summed E-state index contributed by atoms with van der Waals surface area (Å²) in [5.74, 6) is -0.0220. The summed E-state index contributed by atoms with van der Waals surface area (Å²) in [5.41, 5.74) is 11.8. The van der Waals surface area contributed by atoms with E-state index in [1.54, 1.807) is 26.0 Å². The maximum atomic E-state index is 11.8. The molecule has 0 radical (unpaired) electrons. The minimum atomic E-state index is -0.313. The smallest absolute Gasteiger partial charge is 0.333 e. The number of nitrogens with zero attached hydrogens (tertiary/aromatic N) is 1. The van der Waals surface area contributed by atoms with Crippen LogP contribution in [0.15, 0.2) is 71.1 Å². The van der Waals surface area contributed by atoms with Gasteiger partial charge in [0.2, 0.25) is 0 Å². The van der Waals surface area contributed by atoms with Crippen LogP contribution in [0.1, 0.15) is 54.2 Å². The van der Waals surface area contributed by atoms with Crippen LogP contribution in [-0.2, 0) is 22.4 Å². The highest BCUT2D eigenvalue weighted by Gasteiger charge is 2.13. The molecule has 0 aliphatic carbocycles. The summed E-state index contributed by atoms with van der Waals surface area (Å²) in [6, 6.07) is 15.5. The Morgan fingerprint density at radius 1 is 1.18 bits per heavy atom. The molecule has 1 heterocycles. The lowest BCUT2D eigenvalue weighted by Crippen LogP contribution is -2.13. The van der Waals surface area contributed by atoms with E-state index in [2.05, 4.69) is 4.98 Å². The molecule has 0 aliphatic rings. The number of phenols is 1. The molecule has 0 bridgehead atoms. The third-order valence-corrected chi connectivity index (χ3v) is 6.11. The highest BCUT2D eigenvalue weighted by molar-refractivity contribution is 7.09. The normalized spacial score (nSPS) is 13.1. The van der Waals surface area contributed by atoms with Gasteiger partial charge in [0.1, 0.15) is 10.8 Å². The molecule has 1 unspecified atom stereocenters. The number of phenolic OH excluding ortho intramolecular Hbond substituents is 1. The van der Waals surface area contributed by atoms with Crippen LogP contribution in [0.5, 0.6) is 5.75 Å². The van der Waals surface area contributed by atoms with Crippen molar-refractivity contribution in [2.24, 2.45) is 5.73 Å². The van der Waals surface area contributed by atoms with E-state index in [9.17, 15) is 9.90 Å². The molecule has 6 heteroatoms. The van der Waals surface area contributed by atoms with Crippen molar-refractivity contribution in [3.63, 3.8) is 0 Å². The van der Waals surface area contributed by atoms with Gasteiger partial charge in [0.25, 0.3) is 0 Å². The zero-order chi connectivity index (χ0) is 23.8. The van der Waals surface area contributed by atoms with Gasteiger partial charge in [0.05, 0.1) is 18.3 Å². The van der Waals surface area contributed by atoms with Crippen molar-refractivity contribution in [2.45, 2.75) is 39.7 Å². The van der Waals surface area contributed by atoms with Gasteiger partial charge in [0.15, 0.2) is 0 Å². The van der Waals surface area contributed by atoms with Crippen LogP contribution in [0, 0.1) is 0 Å². The quantitative estimate of drug-likeness (QED) is 0.246. The van der Waals surface area contributed by atoms with Crippen LogP contribution < -0.4 is 5.73 Å². The molecule has 0 saturated carbocycles. The first-order chi connectivity index (χ1) is 15.9. The monoisotopic (exact) mass is 462 g/mol. The standard InChI is InChI=1S/C27H30N2O3S/c1-4-32-27(31)19(3)12-18(2)13-23-17-33-26(29-23)24(28)16-21-10-11-25(30)22(15-21)14-20-8-6-5-7-9-20/h5-13,15,17,24,30H,4,14,16,28H2,1-3H3/b18-13+,19-12-. The number of hydrogen-bond donors (Lipinski definition) is 2. The Hall–Kier alpha value is -3.22. The van der Waals surface area contributed by atoms with Crippen LogP contribution in [0.4, 0.5) is 0 Å². The number of thiazole rings is 1. The second kappa shape index (κ2) is 11.6. The maximum Gasteiger partial charge on any atom is 0.333 e. The second-order valence-corrected chi connectivity index (χ2v) is 8.87. The van der Waals surface area contributed by atoms with Crippen LogP contribution in [0.2, 0.25) is 0 Å². The average Bonchev–Trinajstić information content (AvgIpc) is 3.25. The lowest BCUT2D eigenvalue weighted by Gasteiger charge is -2.11. The average molecular weight is 463 g/mol. The van der Waals surface area contributed by atoms with E-state index in [4.69, 9.17) is 10.5 Å². The van der Waals surface area contributed by atoms with Gasteiger partial charge >= 0.3 is 5.97 Å². The topological polar surface area (TPSA) is 85.4 Å². The summed E-state index contributed by atoms with van der Waals surface area (Å²) in [6.45, 7) is 5.80. The predicted octanol–water partition coefficient (Wildman–Crippen LogP) is 5.59. The molecule has 2 aromatic carbocycles. The number of rotatable bonds is 9. The van der Waals surface area contributed by atoms with Crippen LogP contribution in [0.3, 0.4) is 0 Å². The van der Waals surface area contributed by atoms with Gasteiger partial charge in [-0.1, -0.05) is 42.5 Å². The third kappa shape index (κ3) is 7.14. The second-order valence-electron chi connectivity index (χ2n) is 7.98. The van der Waals surface area contributed by atoms with Crippen molar-refractivity contribution < 1.29 is 14.6 Å². The molecule has 1 aromatic heterocycles. The van der Waals surface area contributed by atoms with Gasteiger partial charge in [-0.3, -0.25) is 0 Å². The first kappa shape index (κ1) is 24.4. The summed E-state index contributed by atoms with van der Waals surface area (Å²) in [6.07, 6.45) is 5.01. The van der Waals surface area contributed by atoms with Crippen LogP contribution in [0.25, 0.3) is 6.08 Å². The van der Waals surface area contributed by atoms with Crippen molar-refractivity contribution >= 4 is 23.4 Å². The van der Waals surface area contributed by atoms with Crippen LogP contribution in [-0.4, -0.2) is 22.7 Å². The molecule has 5 nitrogen and oxygen atoms in total. The number of aromatic hydroxyl groups is 1. The van der Waals surface area contributed by atoms with Gasteiger partial charge in [-0.05, 0) is 67.7 Å². The van der Waals surface area contributed by atoms with Gasteiger partial charge in [-0.2, -0.15) is 0 Å². The fraction of sp³-hybridized carbons (Fsp3) is 0.259. The number of esters is 1. The Morgan fingerprint density at radius 3 is 2.67 bits per heavy atom. The summed E-state index contributed by atoms with van der Waals surface area (Å²) in [4.78, 5) is 16.4. The number of hydrogen-bond acceptors (Lipinski definition) is 6. The Balaban J connectivity index is 1.68. The fourth-order valence-corrected chi connectivity index (χ4v) is 4.30. The highest BCUT2D eigenvalue weighted by atomic mass is 32.1. The first-order valence-corrected chi connectivity index (χ1v) is 11.8. The third-order valence-electron chi connectivity index (χ3n) is 5.11. The molecular weight excluding hydrogens is 432 g/mol. The lowest BCUT2D eigenvalue weighted by atomic mass is 9.99. The Kier molecular flexibility index (Phi) is 8.58. The van der Waals surface area contributed by atoms with E-state index in [1.807, 2.05) is 60.8 Å². The number of aromatic nitrogens is 1. The molecule has 172 valence electrons. The highest BCUT2D eigenvalue weighted by Crippen LogP contribution is 2.26. The minimum Gasteiger partial charge on any atom is -0.508 e. The molecule has 0 fully saturated rings. The maximum absolute atomic E-state index is 11.8. The van der Waals surface area contributed by atoms with Gasteiger partial charge in [-0.25, -0.2) is 9.78 Å². The molecule has 33 heavy (non-hydrogen) atoms. The lowest BCUT2D eigenvalue weighted by molar-refractivity contribution is -0.138. The molecular formula is C27H30N2O3S. The molecule has 0 aliphatic heterocycles. The molecule has 3 rings (SSSR count). The van der Waals surface area contributed by atoms with E-state index in [0.29, 0.717) is 30.8 Å². The molecule has 3 aromatic rings. The van der Waals surface area contributed by atoms with E-state index in [-0.39, 0.29) is 12.0 Å². The molecule has 0 spiro atoms. The number of nitrogens with two attached hydrogens (primary N) is 1. The van der Waals surface area contributed by atoms with E-state index < -0.39 is 0 Å². The minimum absolute atomic E-state index is 0.247. The van der Waals surface area contributed by atoms with Crippen molar-refractivity contribution in [2.75, 3.05) is 6.61 Å². The summed E-state index contributed by atoms with van der Waals surface area (Å²) < 4.78 is 5.02. The predicted molar refractivity (Wildman–Crippen MR) is 134 cm³/mol. The summed E-state index contributed by atoms with van der Waals surface area (Å²) >= 11 is 1.52. The van der Waals surface area contributed by atoms with Crippen molar-refractivity contribution in [3.8, 4) is 5.75 Å². The summed E-state index contributed by atoms with van der Waals surface area (Å²) in [5, 5.41) is 13.1. The SMILES string of the molecule is CCOC(=O)/C(C)=C\C(C)=C\c1csc(C(N)Cc2ccc(O)c(Cc3ccccc3)c2)n1. The number of allylic oxidation sites excluding steroid dienone is 2. The van der Waals surface area contributed by atoms with E-state index in [1.165, 1.54) is 11.3 Å². The molecule has 0 amide bonds. The number of benzene rings is 2. The molecule has 3 N–H and O–H groups in total. The van der Waals surface area contributed by atoms with Gasteiger partial charge in [-0.15, -0.1) is 11.3 Å². The van der Waals surface area contributed by atoms with Gasteiger partial charge in [0, 0.05) is 17.4 Å². The number of ether oxygens (including phenoxy) is 1. The van der Waals surface area contributed by atoms with E-state index in [0.717, 1.165) is 33.0 Å². The van der Waals surface area contributed by atoms with Crippen molar-refractivity contribution in [1.82, 2.24) is 4.98 Å². The Labute approximate surface area is 199 Å². The van der Waals surface area contributed by atoms with Crippen molar-refractivity contribution in [1.29, 1.82) is 0 Å². The Morgan fingerprint density at radius 2 is 1.94 bits per heavy atom.